The number of benzene rings is 2. The zero-order valence-electron chi connectivity index (χ0n) is 39.3. The van der Waals surface area contributed by atoms with E-state index in [9.17, 15) is 29.4 Å². The highest BCUT2D eigenvalue weighted by Crippen LogP contribution is 2.28. The van der Waals surface area contributed by atoms with Gasteiger partial charge in [-0.15, -0.1) is 0 Å². The lowest BCUT2D eigenvalue weighted by atomic mass is 9.86. The van der Waals surface area contributed by atoms with Crippen LogP contribution in [-0.4, -0.2) is 142 Å². The number of aromatic nitrogens is 6. The van der Waals surface area contributed by atoms with Crippen molar-refractivity contribution >= 4 is 48.1 Å². The molecule has 2 amide bonds. The predicted molar refractivity (Wildman–Crippen MR) is 260 cm³/mol. The first kappa shape index (κ1) is 51.7. The number of rotatable bonds is 8. The van der Waals surface area contributed by atoms with Crippen LogP contribution >= 0.6 is 11.6 Å². The zero-order valence-corrected chi connectivity index (χ0v) is 40.0. The SMILES string of the molecule is CCOC(=O)c1cc(-c2ccnn2C)cc(-c2cccc(C#C[C@]3(O)CCN(C)C3=O)c2)n1.CCOC(=O)c1cc(Cl)cc(-c2cccc(C#C[C@]3(O)CCN(C)C3=O)c2)n1.Cn1nccc1B(O)O. The monoisotopic (exact) mass is 968 g/mol. The molecule has 0 saturated carbocycles. The first-order valence-corrected chi connectivity index (χ1v) is 22.3. The van der Waals surface area contributed by atoms with Crippen molar-refractivity contribution in [1.29, 1.82) is 0 Å². The number of carbonyl (C=O) groups is 4. The van der Waals surface area contributed by atoms with Gasteiger partial charge in [0.2, 0.25) is 11.2 Å². The number of likely N-dealkylation sites (tertiary alicyclic amines) is 2. The molecule has 6 heterocycles. The van der Waals surface area contributed by atoms with Crippen LogP contribution in [0.15, 0.2) is 97.3 Å². The summed E-state index contributed by atoms with van der Waals surface area (Å²) < 4.78 is 13.3. The van der Waals surface area contributed by atoms with E-state index in [1.54, 1.807) is 88.3 Å². The van der Waals surface area contributed by atoms with E-state index in [1.165, 1.54) is 26.7 Å². The molecule has 2 aliphatic rings. The Morgan fingerprint density at radius 2 is 1.16 bits per heavy atom. The number of likely N-dealkylation sites (N-methyl/N-ethyl adjacent to an activating group) is 2. The fraction of sp³-hybridized carbons (Fsp3) is 0.280. The third-order valence-corrected chi connectivity index (χ3v) is 11.2. The van der Waals surface area contributed by atoms with Crippen molar-refractivity contribution in [2.45, 2.75) is 37.9 Å². The number of aliphatic hydroxyl groups is 2. The quantitative estimate of drug-likeness (QED) is 0.0976. The van der Waals surface area contributed by atoms with Crippen LogP contribution < -0.4 is 5.59 Å². The lowest BCUT2D eigenvalue weighted by Gasteiger charge is -2.13. The number of nitrogens with zero attached hydrogens (tertiary/aromatic N) is 8. The van der Waals surface area contributed by atoms with Gasteiger partial charge in [0.25, 0.3) is 11.8 Å². The smallest absolute Gasteiger partial charge is 0.461 e. The van der Waals surface area contributed by atoms with Gasteiger partial charge < -0.3 is 39.5 Å². The van der Waals surface area contributed by atoms with Crippen molar-refractivity contribution in [2.75, 3.05) is 40.4 Å². The van der Waals surface area contributed by atoms with E-state index in [4.69, 9.17) is 31.1 Å². The molecule has 0 unspecified atom stereocenters. The Morgan fingerprint density at radius 3 is 1.57 bits per heavy atom. The first-order chi connectivity index (χ1) is 33.3. The van der Waals surface area contributed by atoms with Gasteiger partial charge in [0.1, 0.15) is 5.69 Å². The maximum Gasteiger partial charge on any atom is 0.507 e. The van der Waals surface area contributed by atoms with E-state index in [1.807, 2.05) is 43.4 Å². The summed E-state index contributed by atoms with van der Waals surface area (Å²) in [5, 5.41) is 46.5. The predicted octanol–water partition coefficient (Wildman–Crippen LogP) is 2.89. The molecule has 8 rings (SSSR count). The summed E-state index contributed by atoms with van der Waals surface area (Å²) in [7, 11) is 5.33. The minimum absolute atomic E-state index is 0.120. The first-order valence-electron chi connectivity index (χ1n) is 21.9. The van der Waals surface area contributed by atoms with Gasteiger partial charge in [-0.2, -0.15) is 10.2 Å². The molecule has 4 N–H and O–H groups in total. The maximum atomic E-state index is 12.5. The van der Waals surface area contributed by atoms with E-state index in [0.29, 0.717) is 51.8 Å². The molecule has 0 bridgehead atoms. The van der Waals surface area contributed by atoms with Gasteiger partial charge in [0, 0.05) is 99.4 Å². The summed E-state index contributed by atoms with van der Waals surface area (Å²) in [4.78, 5) is 60.4. The topological polar surface area (TPSA) is 236 Å². The minimum Gasteiger partial charge on any atom is -0.461 e. The molecular weight excluding hydrogens is 919 g/mol. The van der Waals surface area contributed by atoms with Crippen LogP contribution in [0, 0.1) is 23.7 Å². The lowest BCUT2D eigenvalue weighted by molar-refractivity contribution is -0.138. The van der Waals surface area contributed by atoms with Crippen LogP contribution in [0.1, 0.15) is 58.8 Å². The van der Waals surface area contributed by atoms with Crippen molar-refractivity contribution in [3.63, 3.8) is 0 Å². The van der Waals surface area contributed by atoms with Crippen molar-refractivity contribution in [1.82, 2.24) is 39.3 Å². The standard InChI is InChI=1S/C25H24N4O4.C21H19ClN2O4.C4H7BN2O2/c1-4-33-23(30)21-16-19(22-9-12-26-29(22)3)15-20(27-21)18-7-5-6-17(14-18)8-10-25(32)11-13-28(2)24(25)31;1-3-28-19(25)18-13-16(22)12-17(23-18)15-6-4-5-14(11-15)7-8-21(27)9-10-24(2)20(21)26;1-7-4(5(8)9)2-3-6-7/h5-7,9,12,14-16,32H,4,11,13H2,1-3H3;4-6,11-13,27H,3,9-10H2,1-2H3;2-3,8-9H,1H3/t25-;21-;/m00./s1. The van der Waals surface area contributed by atoms with Crippen molar-refractivity contribution < 1.29 is 48.9 Å². The van der Waals surface area contributed by atoms with Gasteiger partial charge in [0.15, 0.2) is 5.69 Å². The summed E-state index contributed by atoms with van der Waals surface area (Å²) in [6.45, 7) is 4.87. The highest BCUT2D eigenvalue weighted by Gasteiger charge is 2.43. The fourth-order valence-corrected chi connectivity index (χ4v) is 7.39. The van der Waals surface area contributed by atoms with Crippen LogP contribution in [0.25, 0.3) is 33.8 Å². The van der Waals surface area contributed by atoms with Crippen LogP contribution in [0.3, 0.4) is 0 Å². The van der Waals surface area contributed by atoms with Crippen LogP contribution in [0.4, 0.5) is 0 Å². The molecular formula is C50H50BClN8O10. The minimum atomic E-state index is -1.67. The molecule has 360 valence electrons. The average Bonchev–Trinajstić information content (AvgIpc) is 4.12. The van der Waals surface area contributed by atoms with Crippen LogP contribution in [-0.2, 0) is 33.2 Å². The largest absolute Gasteiger partial charge is 0.507 e. The normalized spacial score (nSPS) is 17.0. The molecule has 70 heavy (non-hydrogen) atoms. The Labute approximate surface area is 409 Å². The molecule has 18 nitrogen and oxygen atoms in total. The second-order valence-corrected chi connectivity index (χ2v) is 16.5. The Hall–Kier alpha value is -7.65. The second-order valence-electron chi connectivity index (χ2n) is 16.1. The van der Waals surface area contributed by atoms with E-state index in [-0.39, 0.29) is 37.4 Å². The number of carbonyl (C=O) groups excluding carboxylic acids is 4. The number of esters is 2. The van der Waals surface area contributed by atoms with Gasteiger partial charge in [-0.3, -0.25) is 19.0 Å². The highest BCUT2D eigenvalue weighted by atomic mass is 35.5. The fourth-order valence-electron chi connectivity index (χ4n) is 7.19. The molecule has 20 heteroatoms. The van der Waals surface area contributed by atoms with Crippen molar-refractivity contribution in [3.05, 3.63) is 125 Å². The molecule has 0 radical (unpaired) electrons. The van der Waals surface area contributed by atoms with Gasteiger partial charge in [-0.25, -0.2) is 19.6 Å². The Bertz CT molecular complexity index is 3050. The van der Waals surface area contributed by atoms with Gasteiger partial charge >= 0.3 is 19.1 Å². The molecule has 2 aromatic carbocycles. The second kappa shape index (κ2) is 22.6. The average molecular weight is 969 g/mol. The molecule has 2 saturated heterocycles. The number of aryl methyl sites for hydroxylation is 2. The van der Waals surface area contributed by atoms with Gasteiger partial charge in [-0.1, -0.05) is 59.5 Å². The number of pyridine rings is 2. The van der Waals surface area contributed by atoms with E-state index >= 15 is 0 Å². The van der Waals surface area contributed by atoms with Crippen LogP contribution in [0.5, 0.6) is 0 Å². The summed E-state index contributed by atoms with van der Waals surface area (Å²) in [5.41, 5.74) is 2.70. The van der Waals surface area contributed by atoms with E-state index in [2.05, 4.69) is 43.8 Å². The lowest BCUT2D eigenvalue weighted by Crippen LogP contribution is -2.37. The highest BCUT2D eigenvalue weighted by molar-refractivity contribution is 6.57. The van der Waals surface area contributed by atoms with Gasteiger partial charge in [0.05, 0.1) is 35.9 Å². The van der Waals surface area contributed by atoms with Gasteiger partial charge in [-0.05, 0) is 74.5 Å². The molecule has 0 spiro atoms. The summed E-state index contributed by atoms with van der Waals surface area (Å²) in [6.07, 6.45) is 3.73. The number of ether oxygens (including phenoxy) is 2. The van der Waals surface area contributed by atoms with Crippen molar-refractivity contribution in [3.8, 4) is 57.5 Å². The summed E-state index contributed by atoms with van der Waals surface area (Å²) in [5.74, 6) is 9.34. The molecule has 2 fully saturated rings. The Kier molecular flexibility index (Phi) is 16.7. The number of hydrogen-bond donors (Lipinski definition) is 4. The summed E-state index contributed by atoms with van der Waals surface area (Å²) in [6, 6.07) is 24.4. The molecule has 0 aliphatic carbocycles. The van der Waals surface area contributed by atoms with E-state index in [0.717, 1.165) is 16.8 Å². The Balaban J connectivity index is 0.000000197. The third-order valence-electron chi connectivity index (χ3n) is 11.0. The maximum absolute atomic E-state index is 12.5. The van der Waals surface area contributed by atoms with E-state index < -0.39 is 42.1 Å². The third kappa shape index (κ3) is 12.5. The molecule has 6 aromatic rings. The number of amides is 2. The summed E-state index contributed by atoms with van der Waals surface area (Å²) >= 11 is 6.13. The molecule has 2 atom stereocenters. The number of hydrogen-bond acceptors (Lipinski definition) is 14. The van der Waals surface area contributed by atoms with Crippen molar-refractivity contribution in [2.24, 2.45) is 14.1 Å². The zero-order chi connectivity index (χ0) is 50.8. The molecule has 2 aliphatic heterocycles. The Morgan fingerprint density at radius 1 is 0.671 bits per heavy atom. The molecule has 4 aromatic heterocycles. The number of halogens is 1. The van der Waals surface area contributed by atoms with Crippen LogP contribution in [0.2, 0.25) is 5.02 Å².